The summed E-state index contributed by atoms with van der Waals surface area (Å²) in [4.78, 5) is 10.6. The van der Waals surface area contributed by atoms with Crippen LogP contribution >= 0.6 is 11.3 Å². The van der Waals surface area contributed by atoms with Gasteiger partial charge in [0.2, 0.25) is 0 Å². The molecule has 2 atom stereocenters. The van der Waals surface area contributed by atoms with Crippen LogP contribution in [-0.4, -0.2) is 50.7 Å². The van der Waals surface area contributed by atoms with Crippen LogP contribution in [0.25, 0.3) is 0 Å². The van der Waals surface area contributed by atoms with Gasteiger partial charge in [-0.2, -0.15) is 0 Å². The molecule has 1 aliphatic heterocycles. The van der Waals surface area contributed by atoms with Gasteiger partial charge in [0.15, 0.2) is 5.13 Å². The average Bonchev–Trinajstić information content (AvgIpc) is 2.97. The number of hydrogen-bond donors (Lipinski definition) is 1. The number of nitrogens with zero attached hydrogens (tertiary/aromatic N) is 3. The van der Waals surface area contributed by atoms with Crippen molar-refractivity contribution in [2.45, 2.75) is 19.4 Å². The Kier molecular flexibility index (Phi) is 4.59. The minimum atomic E-state index is 0.391. The summed E-state index contributed by atoms with van der Waals surface area (Å²) in [5.74, 6) is 0.786. The molecule has 2 heterocycles. The van der Waals surface area contributed by atoms with Crippen LogP contribution in [0, 0.1) is 5.92 Å². The lowest BCUT2D eigenvalue weighted by molar-refractivity contribution is 0.396. The van der Waals surface area contributed by atoms with E-state index in [4.69, 9.17) is 0 Å². The Hall–Kier alpha value is -0.650. The molecular weight excluding hydrogens is 244 g/mol. The summed E-state index contributed by atoms with van der Waals surface area (Å²) in [6.45, 7) is 5.74. The SMILES string of the molecule is CNC(C)c1cnc(N(C)CC2CCN(C)C2)s1. The van der Waals surface area contributed by atoms with Crippen LogP contribution in [0.1, 0.15) is 24.3 Å². The van der Waals surface area contributed by atoms with Crippen LogP contribution in [0.15, 0.2) is 6.20 Å². The maximum atomic E-state index is 4.54. The van der Waals surface area contributed by atoms with Crippen molar-refractivity contribution < 1.29 is 0 Å². The summed E-state index contributed by atoms with van der Waals surface area (Å²) in [5, 5.41) is 4.40. The number of likely N-dealkylation sites (tertiary alicyclic amines) is 1. The van der Waals surface area contributed by atoms with Crippen molar-refractivity contribution >= 4 is 16.5 Å². The molecule has 0 radical (unpaired) electrons. The van der Waals surface area contributed by atoms with Gasteiger partial charge in [-0.3, -0.25) is 0 Å². The molecule has 0 spiro atoms. The number of hydrogen-bond acceptors (Lipinski definition) is 5. The molecule has 0 bridgehead atoms. The molecule has 0 amide bonds. The van der Waals surface area contributed by atoms with Crippen molar-refractivity contribution in [2.75, 3.05) is 45.7 Å². The Bertz CT molecular complexity index is 379. The maximum absolute atomic E-state index is 4.54. The highest BCUT2D eigenvalue weighted by atomic mass is 32.1. The minimum absolute atomic E-state index is 0.391. The zero-order valence-corrected chi connectivity index (χ0v) is 12.6. The monoisotopic (exact) mass is 268 g/mol. The third kappa shape index (κ3) is 3.22. The lowest BCUT2D eigenvalue weighted by Gasteiger charge is -2.20. The second-order valence-corrected chi connectivity index (χ2v) is 6.39. The van der Waals surface area contributed by atoms with Gasteiger partial charge in [-0.05, 0) is 39.9 Å². The highest BCUT2D eigenvalue weighted by Gasteiger charge is 2.22. The fraction of sp³-hybridized carbons (Fsp3) is 0.769. The first-order valence-corrected chi connectivity index (χ1v) is 7.44. The van der Waals surface area contributed by atoms with E-state index in [1.807, 2.05) is 13.2 Å². The molecule has 1 saturated heterocycles. The van der Waals surface area contributed by atoms with Crippen molar-refractivity contribution in [3.05, 3.63) is 11.1 Å². The molecule has 0 aliphatic carbocycles. The molecular formula is C13H24N4S. The molecule has 1 aliphatic rings. The van der Waals surface area contributed by atoms with Crippen LogP contribution < -0.4 is 10.2 Å². The van der Waals surface area contributed by atoms with E-state index >= 15 is 0 Å². The highest BCUT2D eigenvalue weighted by molar-refractivity contribution is 7.15. The standard InChI is InChI=1S/C13H24N4S/c1-10(14-2)12-7-15-13(18-12)17(4)9-11-5-6-16(3)8-11/h7,10-11,14H,5-6,8-9H2,1-4H3. The average molecular weight is 268 g/mol. The second kappa shape index (κ2) is 5.99. The zero-order chi connectivity index (χ0) is 13.1. The molecule has 0 saturated carbocycles. The normalized spacial score (nSPS) is 22.3. The van der Waals surface area contributed by atoms with Gasteiger partial charge in [-0.15, -0.1) is 11.3 Å². The molecule has 1 N–H and O–H groups in total. The Morgan fingerprint density at radius 2 is 2.44 bits per heavy atom. The summed E-state index contributed by atoms with van der Waals surface area (Å²) in [5.41, 5.74) is 0. The van der Waals surface area contributed by atoms with Crippen LogP contribution in [0.3, 0.4) is 0 Å². The number of rotatable bonds is 5. The summed E-state index contributed by atoms with van der Waals surface area (Å²) in [7, 11) is 6.35. The Labute approximate surface area is 114 Å². The molecule has 18 heavy (non-hydrogen) atoms. The molecule has 2 rings (SSSR count). The Morgan fingerprint density at radius 1 is 1.67 bits per heavy atom. The summed E-state index contributed by atoms with van der Waals surface area (Å²) < 4.78 is 0. The molecule has 4 nitrogen and oxygen atoms in total. The number of anilines is 1. The van der Waals surface area contributed by atoms with E-state index in [2.05, 4.69) is 41.1 Å². The van der Waals surface area contributed by atoms with Crippen molar-refractivity contribution in [3.8, 4) is 0 Å². The van der Waals surface area contributed by atoms with Crippen molar-refractivity contribution in [1.29, 1.82) is 0 Å². The number of aromatic nitrogens is 1. The van der Waals surface area contributed by atoms with E-state index in [9.17, 15) is 0 Å². The highest BCUT2D eigenvalue weighted by Crippen LogP contribution is 2.27. The van der Waals surface area contributed by atoms with E-state index in [-0.39, 0.29) is 0 Å². The van der Waals surface area contributed by atoms with E-state index < -0.39 is 0 Å². The van der Waals surface area contributed by atoms with Gasteiger partial charge < -0.3 is 15.1 Å². The predicted octanol–water partition coefficient (Wildman–Crippen LogP) is 1.81. The van der Waals surface area contributed by atoms with Crippen LogP contribution in [-0.2, 0) is 0 Å². The molecule has 1 fully saturated rings. The molecule has 1 aromatic heterocycles. The number of thiazole rings is 1. The van der Waals surface area contributed by atoms with Gasteiger partial charge in [0.1, 0.15) is 0 Å². The molecule has 102 valence electrons. The van der Waals surface area contributed by atoms with E-state index in [0.29, 0.717) is 6.04 Å². The Morgan fingerprint density at radius 3 is 3.06 bits per heavy atom. The summed E-state index contributed by atoms with van der Waals surface area (Å²) >= 11 is 1.80. The minimum Gasteiger partial charge on any atom is -0.351 e. The van der Waals surface area contributed by atoms with Crippen molar-refractivity contribution in [3.63, 3.8) is 0 Å². The van der Waals surface area contributed by atoms with Crippen LogP contribution in [0.4, 0.5) is 5.13 Å². The number of nitrogens with one attached hydrogen (secondary N) is 1. The quantitative estimate of drug-likeness (QED) is 0.882. The fourth-order valence-electron chi connectivity index (χ4n) is 2.44. The van der Waals surface area contributed by atoms with Gasteiger partial charge in [0, 0.05) is 37.3 Å². The van der Waals surface area contributed by atoms with Crippen LogP contribution in [0.5, 0.6) is 0 Å². The molecule has 5 heteroatoms. The van der Waals surface area contributed by atoms with Gasteiger partial charge in [0.25, 0.3) is 0 Å². The third-order valence-electron chi connectivity index (χ3n) is 3.72. The van der Waals surface area contributed by atoms with Gasteiger partial charge in [-0.25, -0.2) is 4.98 Å². The molecule has 1 aromatic rings. The van der Waals surface area contributed by atoms with Gasteiger partial charge >= 0.3 is 0 Å². The molecule has 0 aromatic carbocycles. The lowest BCUT2D eigenvalue weighted by atomic mass is 10.1. The zero-order valence-electron chi connectivity index (χ0n) is 11.8. The first-order valence-electron chi connectivity index (χ1n) is 6.62. The predicted molar refractivity (Wildman–Crippen MR) is 78.5 cm³/mol. The summed E-state index contributed by atoms with van der Waals surface area (Å²) in [6, 6.07) is 0.391. The Balaban J connectivity index is 1.92. The van der Waals surface area contributed by atoms with Crippen molar-refractivity contribution in [1.82, 2.24) is 15.2 Å². The largest absolute Gasteiger partial charge is 0.351 e. The fourth-order valence-corrected chi connectivity index (χ4v) is 3.38. The topological polar surface area (TPSA) is 31.4 Å². The van der Waals surface area contributed by atoms with Gasteiger partial charge in [0.05, 0.1) is 0 Å². The first-order chi connectivity index (χ1) is 8.60. The van der Waals surface area contributed by atoms with Crippen molar-refractivity contribution in [2.24, 2.45) is 5.92 Å². The summed E-state index contributed by atoms with van der Waals surface area (Å²) in [6.07, 6.45) is 3.31. The smallest absolute Gasteiger partial charge is 0.185 e. The van der Waals surface area contributed by atoms with E-state index in [1.54, 1.807) is 11.3 Å². The van der Waals surface area contributed by atoms with Crippen LogP contribution in [0.2, 0.25) is 0 Å². The lowest BCUT2D eigenvalue weighted by Crippen LogP contribution is -2.27. The third-order valence-corrected chi connectivity index (χ3v) is 5.01. The van der Waals surface area contributed by atoms with E-state index in [0.717, 1.165) is 17.6 Å². The van der Waals surface area contributed by atoms with E-state index in [1.165, 1.54) is 24.4 Å². The molecule has 2 unspecified atom stereocenters. The maximum Gasteiger partial charge on any atom is 0.185 e. The van der Waals surface area contributed by atoms with Gasteiger partial charge in [-0.1, -0.05) is 0 Å². The second-order valence-electron chi connectivity index (χ2n) is 5.35. The first kappa shape index (κ1) is 13.8.